The van der Waals surface area contributed by atoms with Crippen LogP contribution in [0.1, 0.15) is 18.9 Å². The first-order chi connectivity index (χ1) is 9.66. The molecule has 120 valence electrons. The van der Waals surface area contributed by atoms with Crippen molar-refractivity contribution in [1.29, 1.82) is 0 Å². The van der Waals surface area contributed by atoms with Crippen LogP contribution in [0.15, 0.2) is 24.5 Å². The maximum absolute atomic E-state index is 12.8. The fourth-order valence-corrected chi connectivity index (χ4v) is 2.05. The maximum Gasteiger partial charge on any atom is 0.402 e. The number of nitrogens with zero attached hydrogens (tertiary/aromatic N) is 1. The second-order valence-corrected chi connectivity index (χ2v) is 4.69. The normalized spacial score (nSPS) is 14.5. The molecule has 0 aliphatic carbocycles. The van der Waals surface area contributed by atoms with Crippen LogP contribution in [-0.2, 0) is 6.42 Å². The molecule has 0 fully saturated rings. The third kappa shape index (κ3) is 5.53. The molecular formula is C13H16F6N2. The zero-order valence-corrected chi connectivity index (χ0v) is 11.3. The molecule has 0 aromatic carbocycles. The Morgan fingerprint density at radius 2 is 1.76 bits per heavy atom. The van der Waals surface area contributed by atoms with Crippen molar-refractivity contribution in [2.24, 2.45) is 5.92 Å². The average molecular weight is 314 g/mol. The lowest BCUT2D eigenvalue weighted by Crippen LogP contribution is -2.52. The molecule has 1 rings (SSSR count). The van der Waals surface area contributed by atoms with E-state index in [9.17, 15) is 26.3 Å². The second kappa shape index (κ2) is 7.11. The van der Waals surface area contributed by atoms with Crippen molar-refractivity contribution in [3.05, 3.63) is 30.1 Å². The molecule has 1 N–H and O–H groups in total. The monoisotopic (exact) mass is 314 g/mol. The van der Waals surface area contributed by atoms with E-state index in [4.69, 9.17) is 0 Å². The van der Waals surface area contributed by atoms with Gasteiger partial charge in [-0.3, -0.25) is 4.98 Å². The Hall–Kier alpha value is -1.31. The first-order valence-corrected chi connectivity index (χ1v) is 6.42. The molecule has 0 radical (unpaired) electrons. The summed E-state index contributed by atoms with van der Waals surface area (Å²) in [6.07, 6.45) is -7.99. The number of alkyl halides is 6. The minimum absolute atomic E-state index is 0.0770. The highest BCUT2D eigenvalue weighted by molar-refractivity contribution is 5.11. The molecule has 1 heterocycles. The number of nitrogens with one attached hydrogen (secondary N) is 1. The van der Waals surface area contributed by atoms with Crippen LogP contribution in [0.2, 0.25) is 0 Å². The lowest BCUT2D eigenvalue weighted by atomic mass is 9.92. The van der Waals surface area contributed by atoms with Crippen LogP contribution in [-0.4, -0.2) is 29.9 Å². The van der Waals surface area contributed by atoms with Crippen LogP contribution in [0.25, 0.3) is 0 Å². The summed E-state index contributed by atoms with van der Waals surface area (Å²) in [4.78, 5) is 3.71. The van der Waals surface area contributed by atoms with Crippen LogP contribution in [0.3, 0.4) is 0 Å². The fraction of sp³-hybridized carbons (Fsp3) is 0.615. The van der Waals surface area contributed by atoms with Gasteiger partial charge in [-0.15, -0.1) is 0 Å². The van der Waals surface area contributed by atoms with Crippen molar-refractivity contribution in [3.63, 3.8) is 0 Å². The second-order valence-electron chi connectivity index (χ2n) is 4.69. The molecule has 0 bridgehead atoms. The summed E-state index contributed by atoms with van der Waals surface area (Å²) in [5.41, 5.74) is 0.324. The maximum atomic E-state index is 12.8. The molecule has 1 atom stereocenters. The van der Waals surface area contributed by atoms with E-state index in [0.29, 0.717) is 12.0 Å². The van der Waals surface area contributed by atoms with Gasteiger partial charge in [0, 0.05) is 18.4 Å². The molecule has 2 nitrogen and oxygen atoms in total. The van der Waals surface area contributed by atoms with Gasteiger partial charge in [-0.05, 0) is 31.0 Å². The first-order valence-electron chi connectivity index (χ1n) is 6.42. The van der Waals surface area contributed by atoms with Gasteiger partial charge < -0.3 is 5.32 Å². The van der Waals surface area contributed by atoms with Gasteiger partial charge in [0.15, 0.2) is 5.92 Å². The summed E-state index contributed by atoms with van der Waals surface area (Å²) < 4.78 is 76.9. The van der Waals surface area contributed by atoms with E-state index in [-0.39, 0.29) is 6.54 Å². The average Bonchev–Trinajstić information content (AvgIpc) is 2.33. The molecule has 0 aliphatic rings. The van der Waals surface area contributed by atoms with Gasteiger partial charge >= 0.3 is 12.4 Å². The van der Waals surface area contributed by atoms with Crippen molar-refractivity contribution in [3.8, 4) is 0 Å². The van der Waals surface area contributed by atoms with Gasteiger partial charge in [0.05, 0.1) is 0 Å². The van der Waals surface area contributed by atoms with Crippen LogP contribution in [0.4, 0.5) is 26.3 Å². The zero-order chi connectivity index (χ0) is 16.1. The quantitative estimate of drug-likeness (QED) is 0.809. The molecule has 0 saturated heterocycles. The molecule has 0 saturated carbocycles. The summed E-state index contributed by atoms with van der Waals surface area (Å²) in [5, 5.41) is 2.36. The van der Waals surface area contributed by atoms with E-state index in [1.807, 2.05) is 0 Å². The smallest absolute Gasteiger partial charge is 0.313 e. The van der Waals surface area contributed by atoms with Crippen LogP contribution in [0.5, 0.6) is 0 Å². The molecule has 1 unspecified atom stereocenters. The van der Waals surface area contributed by atoms with E-state index in [0.717, 1.165) is 0 Å². The highest BCUT2D eigenvalue weighted by Gasteiger charge is 2.59. The Labute approximate surface area is 118 Å². The molecule has 8 heteroatoms. The Kier molecular flexibility index (Phi) is 6.00. The van der Waals surface area contributed by atoms with Gasteiger partial charge in [-0.1, -0.05) is 13.0 Å². The van der Waals surface area contributed by atoms with E-state index in [1.165, 1.54) is 24.5 Å². The van der Waals surface area contributed by atoms with Gasteiger partial charge in [-0.2, -0.15) is 26.3 Å². The largest absolute Gasteiger partial charge is 0.402 e. The first kappa shape index (κ1) is 17.7. The lowest BCUT2D eigenvalue weighted by Gasteiger charge is -2.31. The summed E-state index contributed by atoms with van der Waals surface area (Å²) in [7, 11) is 0. The van der Waals surface area contributed by atoms with Crippen LogP contribution >= 0.6 is 0 Å². The number of pyridine rings is 1. The molecule has 0 spiro atoms. The molecule has 0 amide bonds. The van der Waals surface area contributed by atoms with E-state index in [1.54, 1.807) is 6.92 Å². The minimum atomic E-state index is -5.36. The highest BCUT2D eigenvalue weighted by atomic mass is 19.4. The molecule has 0 aliphatic heterocycles. The van der Waals surface area contributed by atoms with E-state index >= 15 is 0 Å². The Balaban J connectivity index is 3.03. The third-order valence-electron chi connectivity index (χ3n) is 2.94. The molecule has 1 aromatic heterocycles. The van der Waals surface area contributed by atoms with E-state index in [2.05, 4.69) is 10.3 Å². The summed E-state index contributed by atoms with van der Waals surface area (Å²) >= 11 is 0. The predicted molar refractivity (Wildman–Crippen MR) is 65.6 cm³/mol. The summed E-state index contributed by atoms with van der Waals surface area (Å²) in [5.74, 6) is -3.41. The third-order valence-corrected chi connectivity index (χ3v) is 2.94. The van der Waals surface area contributed by atoms with Crippen molar-refractivity contribution < 1.29 is 26.3 Å². The van der Waals surface area contributed by atoms with Gasteiger partial charge in [-0.25, -0.2) is 0 Å². The topological polar surface area (TPSA) is 24.9 Å². The highest BCUT2D eigenvalue weighted by Crippen LogP contribution is 2.42. The van der Waals surface area contributed by atoms with Crippen molar-refractivity contribution in [1.82, 2.24) is 10.3 Å². The zero-order valence-electron chi connectivity index (χ0n) is 11.3. The summed E-state index contributed by atoms with van der Waals surface area (Å²) in [6.45, 7) is 1.75. The Morgan fingerprint density at radius 3 is 2.19 bits per heavy atom. The molecular weight excluding hydrogens is 298 g/mol. The van der Waals surface area contributed by atoms with Crippen molar-refractivity contribution >= 4 is 0 Å². The SMILES string of the molecule is CCCNC(Cc1cccnc1)C(C(F)(F)F)C(F)(F)F. The number of hydrogen-bond acceptors (Lipinski definition) is 2. The van der Waals surface area contributed by atoms with Gasteiger partial charge in [0.25, 0.3) is 0 Å². The lowest BCUT2D eigenvalue weighted by molar-refractivity contribution is -0.291. The Morgan fingerprint density at radius 1 is 1.14 bits per heavy atom. The predicted octanol–water partition coefficient (Wildman–Crippen LogP) is 3.73. The van der Waals surface area contributed by atoms with E-state index < -0.39 is 30.7 Å². The number of rotatable bonds is 6. The standard InChI is InChI=1S/C13H16F6N2/c1-2-5-21-10(7-9-4-3-6-20-8-9)11(12(14,15)16)13(17,18)19/h3-4,6,8,10-11,21H,2,5,7H2,1H3. The Bertz CT molecular complexity index is 401. The summed E-state index contributed by atoms with van der Waals surface area (Å²) in [6, 6.07) is 1.16. The number of aromatic nitrogens is 1. The minimum Gasteiger partial charge on any atom is -0.313 e. The van der Waals surface area contributed by atoms with Crippen LogP contribution in [0, 0.1) is 5.92 Å². The number of hydrogen-bond donors (Lipinski definition) is 1. The number of halogens is 6. The van der Waals surface area contributed by atoms with Crippen molar-refractivity contribution in [2.45, 2.75) is 38.2 Å². The van der Waals surface area contributed by atoms with Crippen molar-refractivity contribution in [2.75, 3.05) is 6.54 Å². The molecule has 21 heavy (non-hydrogen) atoms. The van der Waals surface area contributed by atoms with Gasteiger partial charge in [0.2, 0.25) is 0 Å². The fourth-order valence-electron chi connectivity index (χ4n) is 2.05. The van der Waals surface area contributed by atoms with Gasteiger partial charge in [0.1, 0.15) is 0 Å². The molecule has 1 aromatic rings. The van der Waals surface area contributed by atoms with Crippen LogP contribution < -0.4 is 5.32 Å².